The van der Waals surface area contributed by atoms with Gasteiger partial charge in [0.05, 0.1) is 12.6 Å². The molecule has 4 heterocycles. The van der Waals surface area contributed by atoms with E-state index in [2.05, 4.69) is 5.32 Å². The highest BCUT2D eigenvalue weighted by molar-refractivity contribution is 7.13. The van der Waals surface area contributed by atoms with Gasteiger partial charge in [0, 0.05) is 23.1 Å². The molecule has 9 nitrogen and oxygen atoms in total. The van der Waals surface area contributed by atoms with Crippen LogP contribution in [0.5, 0.6) is 0 Å². The van der Waals surface area contributed by atoms with E-state index in [1.165, 1.54) is 34.3 Å². The van der Waals surface area contributed by atoms with Gasteiger partial charge in [0.1, 0.15) is 17.6 Å². The Morgan fingerprint density at radius 2 is 1.85 bits per heavy atom. The number of hydrogen-bond acceptors (Lipinski definition) is 6. The predicted molar refractivity (Wildman–Crippen MR) is 146 cm³/mol. The van der Waals surface area contributed by atoms with E-state index in [0.717, 1.165) is 10.4 Å². The SMILES string of the molecule is CC(C)CC(NC(=O)c1ccc(-c2cccs2)cc1)C(=O)N1CCC2C1C(=O)CN2C(=O)c1ccc[n+]([O-])c1. The first-order valence-corrected chi connectivity index (χ1v) is 13.9. The number of aromatic nitrogens is 1. The number of nitrogens with one attached hydrogen (secondary N) is 1. The van der Waals surface area contributed by atoms with Crippen molar-refractivity contribution < 1.29 is 23.9 Å². The van der Waals surface area contributed by atoms with E-state index in [1.54, 1.807) is 23.5 Å². The van der Waals surface area contributed by atoms with Crippen molar-refractivity contribution in [1.82, 2.24) is 15.1 Å². The first-order valence-electron chi connectivity index (χ1n) is 13.0. The van der Waals surface area contributed by atoms with Crippen molar-refractivity contribution in [1.29, 1.82) is 0 Å². The van der Waals surface area contributed by atoms with Crippen LogP contribution in [0.2, 0.25) is 0 Å². The van der Waals surface area contributed by atoms with Gasteiger partial charge in [-0.3, -0.25) is 19.2 Å². The number of Topliss-reactive ketones (excluding diaryl/α,β-unsaturated/α-hetero) is 1. The molecule has 5 rings (SSSR count). The minimum atomic E-state index is -0.806. The molecule has 2 aliphatic heterocycles. The molecular weight excluding hydrogens is 516 g/mol. The quantitative estimate of drug-likeness (QED) is 0.362. The van der Waals surface area contributed by atoms with Crippen LogP contribution >= 0.6 is 11.3 Å². The number of hydrogen-bond donors (Lipinski definition) is 1. The van der Waals surface area contributed by atoms with Crippen LogP contribution in [0.25, 0.3) is 10.4 Å². The Labute approximate surface area is 230 Å². The Balaban J connectivity index is 1.30. The summed E-state index contributed by atoms with van der Waals surface area (Å²) in [5.41, 5.74) is 1.66. The molecule has 0 saturated carbocycles. The molecule has 10 heteroatoms. The second-order valence-corrected chi connectivity index (χ2v) is 11.3. The number of pyridine rings is 1. The molecule has 3 aromatic rings. The lowest BCUT2D eigenvalue weighted by Gasteiger charge is -2.29. The molecule has 1 N–H and O–H groups in total. The number of thiophene rings is 1. The first kappa shape index (κ1) is 26.6. The van der Waals surface area contributed by atoms with Gasteiger partial charge in [-0.2, -0.15) is 4.73 Å². The molecular formula is C29H30N4O5S. The maximum atomic E-state index is 13.7. The lowest BCUT2D eigenvalue weighted by molar-refractivity contribution is -0.605. The zero-order chi connectivity index (χ0) is 27.7. The highest BCUT2D eigenvalue weighted by Gasteiger charge is 2.52. The molecule has 1 aromatic carbocycles. The van der Waals surface area contributed by atoms with Crippen LogP contribution in [0.3, 0.4) is 0 Å². The van der Waals surface area contributed by atoms with Crippen molar-refractivity contribution in [2.75, 3.05) is 13.1 Å². The molecule has 3 amide bonds. The van der Waals surface area contributed by atoms with Gasteiger partial charge in [-0.15, -0.1) is 11.3 Å². The van der Waals surface area contributed by atoms with Crippen LogP contribution in [0, 0.1) is 11.1 Å². The van der Waals surface area contributed by atoms with E-state index in [-0.39, 0.29) is 35.6 Å². The summed E-state index contributed by atoms with van der Waals surface area (Å²) in [6.45, 7) is 4.13. The second-order valence-electron chi connectivity index (χ2n) is 10.4. The summed E-state index contributed by atoms with van der Waals surface area (Å²) in [4.78, 5) is 57.1. The molecule has 2 aromatic heterocycles. The number of nitrogens with zero attached hydrogens (tertiary/aromatic N) is 3. The average Bonchev–Trinajstić information content (AvgIpc) is 3.67. The number of carbonyl (C=O) groups excluding carboxylic acids is 4. The Kier molecular flexibility index (Phi) is 7.47. The van der Waals surface area contributed by atoms with E-state index in [1.807, 2.05) is 43.5 Å². The third-order valence-electron chi connectivity index (χ3n) is 7.25. The fraction of sp³-hybridized carbons (Fsp3) is 0.345. The van der Waals surface area contributed by atoms with Gasteiger partial charge >= 0.3 is 0 Å². The summed E-state index contributed by atoms with van der Waals surface area (Å²) in [5.74, 6) is -1.18. The van der Waals surface area contributed by atoms with Crippen LogP contribution in [-0.2, 0) is 9.59 Å². The number of rotatable bonds is 7. The zero-order valence-electron chi connectivity index (χ0n) is 21.8. The number of benzene rings is 1. The van der Waals surface area contributed by atoms with Gasteiger partial charge in [-0.05, 0) is 54.0 Å². The zero-order valence-corrected chi connectivity index (χ0v) is 22.6. The third-order valence-corrected chi connectivity index (χ3v) is 8.17. The second kappa shape index (κ2) is 11.0. The maximum absolute atomic E-state index is 13.7. The highest BCUT2D eigenvalue weighted by Crippen LogP contribution is 2.32. The summed E-state index contributed by atoms with van der Waals surface area (Å²) in [6, 6.07) is 12.2. The number of fused-ring (bicyclic) bond motifs is 1. The Bertz CT molecular complexity index is 1390. The molecule has 202 valence electrons. The van der Waals surface area contributed by atoms with Crippen molar-refractivity contribution in [3.63, 3.8) is 0 Å². The maximum Gasteiger partial charge on any atom is 0.260 e. The van der Waals surface area contributed by atoms with Crippen LogP contribution in [-0.4, -0.2) is 64.5 Å². The molecule has 0 bridgehead atoms. The van der Waals surface area contributed by atoms with Gasteiger partial charge < -0.3 is 20.3 Å². The standard InChI is InChI=1S/C29H30N4O5S/c1-18(2)15-22(30-27(35)20-9-7-19(8-10-20)25-6-4-14-39-25)29(37)32-13-11-23-26(32)24(34)17-33(23)28(36)21-5-3-12-31(38)16-21/h3-10,12,14,16,18,22-23,26H,11,13,15,17H2,1-2H3,(H,30,35). The third kappa shape index (κ3) is 5.42. The average molecular weight is 547 g/mol. The minimum absolute atomic E-state index is 0.119. The molecule has 2 fully saturated rings. The molecule has 2 saturated heterocycles. The van der Waals surface area contributed by atoms with E-state index in [9.17, 15) is 24.4 Å². The van der Waals surface area contributed by atoms with E-state index < -0.39 is 24.0 Å². The Morgan fingerprint density at radius 1 is 1.08 bits per heavy atom. The van der Waals surface area contributed by atoms with Crippen LogP contribution in [0.15, 0.2) is 66.3 Å². The molecule has 3 atom stereocenters. The van der Waals surface area contributed by atoms with Gasteiger partial charge in [0.2, 0.25) is 5.91 Å². The summed E-state index contributed by atoms with van der Waals surface area (Å²) in [6.07, 6.45) is 3.33. The molecule has 3 unspecified atom stereocenters. The van der Waals surface area contributed by atoms with Gasteiger partial charge in [0.15, 0.2) is 18.2 Å². The van der Waals surface area contributed by atoms with E-state index in [0.29, 0.717) is 29.7 Å². The van der Waals surface area contributed by atoms with Crippen molar-refractivity contribution >= 4 is 34.8 Å². The fourth-order valence-corrected chi connectivity index (χ4v) is 6.18. The van der Waals surface area contributed by atoms with E-state index >= 15 is 0 Å². The van der Waals surface area contributed by atoms with Gasteiger partial charge in [0.25, 0.3) is 11.8 Å². The monoisotopic (exact) mass is 546 g/mol. The fourth-order valence-electron chi connectivity index (χ4n) is 5.45. The first-order chi connectivity index (χ1) is 18.7. The largest absolute Gasteiger partial charge is 0.619 e. The number of ketones is 1. The van der Waals surface area contributed by atoms with Crippen LogP contribution in [0.1, 0.15) is 47.4 Å². The molecule has 0 aliphatic carbocycles. The molecule has 0 radical (unpaired) electrons. The number of amides is 3. The van der Waals surface area contributed by atoms with Gasteiger partial charge in [-0.1, -0.05) is 32.0 Å². The van der Waals surface area contributed by atoms with Crippen LogP contribution < -0.4 is 10.0 Å². The van der Waals surface area contributed by atoms with Gasteiger partial charge in [-0.25, -0.2) is 0 Å². The Morgan fingerprint density at radius 3 is 2.51 bits per heavy atom. The lowest BCUT2D eigenvalue weighted by atomic mass is 10.0. The van der Waals surface area contributed by atoms with Crippen molar-refractivity contribution in [3.05, 3.63) is 82.6 Å². The van der Waals surface area contributed by atoms with Crippen molar-refractivity contribution in [2.45, 2.75) is 44.8 Å². The minimum Gasteiger partial charge on any atom is -0.619 e. The van der Waals surface area contributed by atoms with E-state index in [4.69, 9.17) is 0 Å². The van der Waals surface area contributed by atoms with Crippen molar-refractivity contribution in [3.8, 4) is 10.4 Å². The molecule has 39 heavy (non-hydrogen) atoms. The number of likely N-dealkylation sites (tertiary alicyclic amines) is 2. The summed E-state index contributed by atoms with van der Waals surface area (Å²) >= 11 is 1.62. The topological polar surface area (TPSA) is 114 Å². The summed E-state index contributed by atoms with van der Waals surface area (Å²) < 4.78 is 0.544. The Hall–Kier alpha value is -4.05. The van der Waals surface area contributed by atoms with Crippen molar-refractivity contribution in [2.24, 2.45) is 5.92 Å². The molecule has 0 spiro atoms. The number of carbonyl (C=O) groups is 4. The smallest absolute Gasteiger partial charge is 0.260 e. The molecule has 2 aliphatic rings. The highest BCUT2D eigenvalue weighted by atomic mass is 32.1. The van der Waals surface area contributed by atoms with Crippen LogP contribution in [0.4, 0.5) is 0 Å². The predicted octanol–water partition coefficient (Wildman–Crippen LogP) is 2.89. The lowest BCUT2D eigenvalue weighted by Crippen LogP contribution is -2.53. The summed E-state index contributed by atoms with van der Waals surface area (Å²) in [7, 11) is 0. The normalized spacial score (nSPS) is 19.3. The summed E-state index contributed by atoms with van der Waals surface area (Å²) in [5, 5.41) is 16.6.